The first-order valence-electron chi connectivity index (χ1n) is 10.7. The van der Waals surface area contributed by atoms with Gasteiger partial charge < -0.3 is 4.74 Å². The third kappa shape index (κ3) is 6.98. The number of sulfone groups is 2. The lowest BCUT2D eigenvalue weighted by molar-refractivity contribution is -0.122. The van der Waals surface area contributed by atoms with E-state index in [2.05, 4.69) is 0 Å². The van der Waals surface area contributed by atoms with E-state index in [1.54, 1.807) is 62.4 Å². The van der Waals surface area contributed by atoms with E-state index in [1.807, 2.05) is 6.92 Å². The van der Waals surface area contributed by atoms with Crippen molar-refractivity contribution in [2.24, 2.45) is 11.8 Å². The third-order valence-corrected chi connectivity index (χ3v) is 9.47. The second kappa shape index (κ2) is 11.2. The van der Waals surface area contributed by atoms with Gasteiger partial charge in [0.2, 0.25) is 0 Å². The number of hydrogen-bond donors (Lipinski definition) is 0. The van der Waals surface area contributed by atoms with E-state index in [-0.39, 0.29) is 34.4 Å². The van der Waals surface area contributed by atoms with Crippen molar-refractivity contribution in [3.63, 3.8) is 0 Å². The lowest BCUT2D eigenvalue weighted by Crippen LogP contribution is -2.32. The maximum Gasteiger partial charge on any atom is 0.188 e. The van der Waals surface area contributed by atoms with E-state index in [0.717, 1.165) is 6.61 Å². The van der Waals surface area contributed by atoms with Crippen molar-refractivity contribution in [3.05, 3.63) is 60.7 Å². The lowest BCUT2D eigenvalue weighted by Gasteiger charge is -2.19. The molecule has 0 radical (unpaired) electrons. The molecule has 4 unspecified atom stereocenters. The molecule has 0 bridgehead atoms. The Morgan fingerprint density at radius 3 is 1.81 bits per heavy atom. The van der Waals surface area contributed by atoms with Crippen molar-refractivity contribution in [1.82, 2.24) is 0 Å². The molecule has 0 amide bonds. The van der Waals surface area contributed by atoms with Crippen LogP contribution in [0.1, 0.15) is 34.1 Å². The van der Waals surface area contributed by atoms with E-state index in [0.29, 0.717) is 11.3 Å². The van der Waals surface area contributed by atoms with E-state index >= 15 is 0 Å². The Morgan fingerprint density at radius 2 is 1.38 bits per heavy atom. The molecular formula is C24H32O6S2. The summed E-state index contributed by atoms with van der Waals surface area (Å²) in [6.45, 7) is 7.72. The van der Waals surface area contributed by atoms with Gasteiger partial charge in [0.05, 0.1) is 28.3 Å². The summed E-state index contributed by atoms with van der Waals surface area (Å²) < 4.78 is 52.5. The largest absolute Gasteiger partial charge is 0.373 e. The van der Waals surface area contributed by atoms with Gasteiger partial charge in [0.1, 0.15) is 5.25 Å². The molecule has 0 aliphatic carbocycles. The highest BCUT2D eigenvalue weighted by molar-refractivity contribution is 7.92. The summed E-state index contributed by atoms with van der Waals surface area (Å²) in [6.07, 6.45) is 0.902. The first-order valence-corrected chi connectivity index (χ1v) is 13.9. The number of carbonyl (C=O) groups is 1. The van der Waals surface area contributed by atoms with Crippen LogP contribution in [0.25, 0.3) is 0 Å². The Labute approximate surface area is 191 Å². The molecule has 1 saturated heterocycles. The highest BCUT2D eigenvalue weighted by Crippen LogP contribution is 2.28. The highest BCUT2D eigenvalue weighted by atomic mass is 32.2. The molecule has 2 aromatic carbocycles. The number of rotatable bonds is 9. The van der Waals surface area contributed by atoms with Crippen molar-refractivity contribution in [2.45, 2.75) is 55.3 Å². The van der Waals surface area contributed by atoms with Crippen LogP contribution in [-0.2, 0) is 29.2 Å². The number of hydrogen-bond acceptors (Lipinski definition) is 6. The summed E-state index contributed by atoms with van der Waals surface area (Å²) in [6, 6.07) is 16.6. The fourth-order valence-corrected chi connectivity index (χ4v) is 5.76. The minimum atomic E-state index is -3.60. The molecular weight excluding hydrogens is 448 g/mol. The first kappa shape index (κ1) is 26.2. The van der Waals surface area contributed by atoms with Gasteiger partial charge in [-0.05, 0) is 43.5 Å². The predicted molar refractivity (Wildman–Crippen MR) is 125 cm³/mol. The zero-order valence-electron chi connectivity index (χ0n) is 19.0. The summed E-state index contributed by atoms with van der Waals surface area (Å²) in [4.78, 5) is 13.0. The Balaban J connectivity index is 0.000000278. The molecule has 2 aromatic rings. The maximum absolute atomic E-state index is 12.5. The van der Waals surface area contributed by atoms with Crippen LogP contribution in [0.15, 0.2) is 70.5 Å². The van der Waals surface area contributed by atoms with Crippen molar-refractivity contribution in [1.29, 1.82) is 0 Å². The summed E-state index contributed by atoms with van der Waals surface area (Å²) in [5.74, 6) is -0.0450. The number of benzene rings is 2. The fraction of sp³-hybridized carbons (Fsp3) is 0.458. The van der Waals surface area contributed by atoms with Gasteiger partial charge in [-0.3, -0.25) is 4.79 Å². The van der Waals surface area contributed by atoms with Crippen LogP contribution in [0.2, 0.25) is 0 Å². The summed E-state index contributed by atoms with van der Waals surface area (Å²) >= 11 is 0. The monoisotopic (exact) mass is 480 g/mol. The highest BCUT2D eigenvalue weighted by Gasteiger charge is 2.36. The zero-order chi connectivity index (χ0) is 23.9. The average Bonchev–Trinajstić information content (AvgIpc) is 3.65. The number of carbonyl (C=O) groups excluding carboxylic acids is 1. The number of Topliss-reactive ketones (excluding diaryl/α,β-unsaturated/α-hetero) is 1. The Kier molecular flexibility index (Phi) is 9.18. The molecule has 0 N–H and O–H groups in total. The lowest BCUT2D eigenvalue weighted by atomic mass is 9.91. The van der Waals surface area contributed by atoms with Crippen molar-refractivity contribution in [3.8, 4) is 0 Å². The minimum absolute atomic E-state index is 0.164. The molecule has 1 aliphatic heterocycles. The van der Waals surface area contributed by atoms with Crippen LogP contribution in [-0.4, -0.2) is 46.3 Å². The van der Waals surface area contributed by atoms with Crippen molar-refractivity contribution in [2.75, 3.05) is 12.4 Å². The minimum Gasteiger partial charge on any atom is -0.373 e. The Bertz CT molecular complexity index is 1080. The SMILES string of the molecule is CC(CC(C)C1CO1)C(=O)C(C)S(=O)(=O)c1ccccc1.CCS(=O)(=O)c1ccccc1. The van der Waals surface area contributed by atoms with Crippen molar-refractivity contribution < 1.29 is 26.4 Å². The normalized spacial score (nSPS) is 18.6. The van der Waals surface area contributed by atoms with Crippen molar-refractivity contribution >= 4 is 25.5 Å². The van der Waals surface area contributed by atoms with Gasteiger partial charge in [-0.2, -0.15) is 0 Å². The van der Waals surface area contributed by atoms with E-state index in [4.69, 9.17) is 4.74 Å². The topological polar surface area (TPSA) is 97.9 Å². The van der Waals surface area contributed by atoms with Crippen LogP contribution in [0.3, 0.4) is 0 Å². The third-order valence-electron chi connectivity index (χ3n) is 5.63. The van der Waals surface area contributed by atoms with Gasteiger partial charge in [0.15, 0.2) is 25.5 Å². The molecule has 6 nitrogen and oxygen atoms in total. The number of ether oxygens (including phenoxy) is 1. The molecule has 176 valence electrons. The molecule has 8 heteroatoms. The molecule has 0 saturated carbocycles. The van der Waals surface area contributed by atoms with E-state index < -0.39 is 24.9 Å². The number of ketones is 1. The van der Waals surface area contributed by atoms with E-state index in [9.17, 15) is 21.6 Å². The van der Waals surface area contributed by atoms with Gasteiger partial charge in [0, 0.05) is 5.92 Å². The van der Waals surface area contributed by atoms with Crippen LogP contribution in [0.4, 0.5) is 0 Å². The average molecular weight is 481 g/mol. The quantitative estimate of drug-likeness (QED) is 0.504. The predicted octanol–water partition coefficient (Wildman–Crippen LogP) is 3.96. The Hall–Kier alpha value is -2.03. The maximum atomic E-state index is 12.5. The molecule has 0 spiro atoms. The van der Waals surface area contributed by atoms with Gasteiger partial charge in [-0.25, -0.2) is 16.8 Å². The molecule has 4 atom stereocenters. The first-order chi connectivity index (χ1) is 15.0. The molecule has 3 rings (SSSR count). The zero-order valence-corrected chi connectivity index (χ0v) is 20.6. The Morgan fingerprint density at radius 1 is 0.906 bits per heavy atom. The summed E-state index contributed by atoms with van der Waals surface area (Å²) in [5.41, 5.74) is 0. The number of epoxide rings is 1. The van der Waals surface area contributed by atoms with Gasteiger partial charge in [-0.1, -0.05) is 57.2 Å². The van der Waals surface area contributed by atoms with Crippen LogP contribution >= 0.6 is 0 Å². The van der Waals surface area contributed by atoms with Crippen LogP contribution < -0.4 is 0 Å². The molecule has 0 aromatic heterocycles. The molecule has 1 fully saturated rings. The van der Waals surface area contributed by atoms with Crippen LogP contribution in [0.5, 0.6) is 0 Å². The standard InChI is InChI=1S/C16H22O4S.C8H10O2S/c1-11(15-10-20-15)9-12(2)16(17)13(3)21(18,19)14-7-5-4-6-8-14;1-2-11(9,10)8-6-4-3-5-7-8/h4-8,11-13,15H,9-10H2,1-3H3;3-7H,2H2,1H3. The van der Waals surface area contributed by atoms with Gasteiger partial charge in [0.25, 0.3) is 0 Å². The second-order valence-electron chi connectivity index (χ2n) is 8.10. The van der Waals surface area contributed by atoms with Gasteiger partial charge >= 0.3 is 0 Å². The molecule has 1 aliphatic rings. The summed E-state index contributed by atoms with van der Waals surface area (Å²) in [7, 11) is -6.60. The van der Waals surface area contributed by atoms with Gasteiger partial charge in [-0.15, -0.1) is 0 Å². The van der Waals surface area contributed by atoms with E-state index in [1.165, 1.54) is 19.1 Å². The second-order valence-corrected chi connectivity index (χ2v) is 12.7. The smallest absolute Gasteiger partial charge is 0.188 e. The molecule has 1 heterocycles. The fourth-order valence-electron chi connectivity index (χ4n) is 3.37. The molecule has 32 heavy (non-hydrogen) atoms. The summed E-state index contributed by atoms with van der Waals surface area (Å²) in [5, 5.41) is -1.01. The van der Waals surface area contributed by atoms with Crippen LogP contribution in [0, 0.1) is 11.8 Å².